The first kappa shape index (κ1) is 27.6. The van der Waals surface area contributed by atoms with Crippen LogP contribution in [0.5, 0.6) is 5.75 Å². The van der Waals surface area contributed by atoms with Crippen molar-refractivity contribution in [2.24, 2.45) is 0 Å². The fourth-order valence-corrected chi connectivity index (χ4v) is 7.24. The van der Waals surface area contributed by atoms with Crippen molar-refractivity contribution < 1.29 is 27.9 Å². The van der Waals surface area contributed by atoms with Crippen LogP contribution in [0.1, 0.15) is 49.4 Å². The number of nitrogens with zero attached hydrogens (tertiary/aromatic N) is 4. The Balaban J connectivity index is 1.43. The lowest BCUT2D eigenvalue weighted by molar-refractivity contribution is -0.137. The van der Waals surface area contributed by atoms with Crippen LogP contribution in [0.25, 0.3) is 0 Å². The second kappa shape index (κ2) is 10.5. The molecule has 0 saturated heterocycles. The van der Waals surface area contributed by atoms with Gasteiger partial charge in [-0.3, -0.25) is 9.52 Å². The molecule has 1 amide bonds. The number of thioether (sulfide) groups is 1. The molecule has 3 N–H and O–H groups in total. The number of anilines is 1. The van der Waals surface area contributed by atoms with Gasteiger partial charge in [0.25, 0.3) is 5.91 Å². The highest BCUT2D eigenvalue weighted by Crippen LogP contribution is 2.50. The molecule has 12 nitrogen and oxygen atoms in total. The van der Waals surface area contributed by atoms with Crippen LogP contribution in [0.3, 0.4) is 0 Å². The van der Waals surface area contributed by atoms with Gasteiger partial charge in [0.05, 0.1) is 17.6 Å². The average Bonchev–Trinajstić information content (AvgIpc) is 3.49. The van der Waals surface area contributed by atoms with E-state index in [9.17, 15) is 23.1 Å². The number of carboxylic acids is 1. The van der Waals surface area contributed by atoms with E-state index in [4.69, 9.17) is 21.3 Å². The molecule has 0 spiro atoms. The van der Waals surface area contributed by atoms with Gasteiger partial charge in [0.1, 0.15) is 28.3 Å². The van der Waals surface area contributed by atoms with Gasteiger partial charge in [-0.05, 0) is 31.4 Å². The Hall–Kier alpha value is -2.97. The van der Waals surface area contributed by atoms with Crippen LogP contribution in [0.2, 0.25) is 5.15 Å². The summed E-state index contributed by atoms with van der Waals surface area (Å²) in [6.45, 7) is 2.82. The number of imidazole rings is 1. The van der Waals surface area contributed by atoms with Crippen molar-refractivity contribution in [3.8, 4) is 5.75 Å². The minimum atomic E-state index is -3.53. The first-order valence-corrected chi connectivity index (χ1v) is 15.7. The highest BCUT2D eigenvalue weighted by atomic mass is 35.5. The summed E-state index contributed by atoms with van der Waals surface area (Å²) in [5.41, 5.74) is 1.99. The van der Waals surface area contributed by atoms with Crippen LogP contribution in [0.15, 0.2) is 23.2 Å². The van der Waals surface area contributed by atoms with Gasteiger partial charge >= 0.3 is 5.97 Å². The smallest absolute Gasteiger partial charge is 0.352 e. The van der Waals surface area contributed by atoms with E-state index in [1.807, 2.05) is 6.92 Å². The lowest BCUT2D eigenvalue weighted by Gasteiger charge is -2.46. The Bertz CT molecular complexity index is 1460. The van der Waals surface area contributed by atoms with Gasteiger partial charge in [0.15, 0.2) is 17.5 Å². The molecule has 3 aliphatic heterocycles. The number of hydrogen-bond acceptors (Lipinski definition) is 9. The number of hydrogen-bond donors (Lipinski definition) is 3. The second-order valence-corrected chi connectivity index (χ2v) is 13.0. The first-order chi connectivity index (χ1) is 18.5. The van der Waals surface area contributed by atoms with Crippen LogP contribution in [0, 0.1) is 0 Å². The fourth-order valence-electron chi connectivity index (χ4n) is 5.35. The zero-order chi connectivity index (χ0) is 27.9. The van der Waals surface area contributed by atoms with Crippen LogP contribution in [-0.4, -0.2) is 69.1 Å². The van der Waals surface area contributed by atoms with Gasteiger partial charge in [0, 0.05) is 31.3 Å². The summed E-state index contributed by atoms with van der Waals surface area (Å²) in [6.07, 6.45) is 5.05. The maximum absolute atomic E-state index is 13.7. The molecule has 2 atom stereocenters. The third-order valence-corrected chi connectivity index (χ3v) is 9.30. The number of carbonyl (C=O) groups is 2. The normalized spacial score (nSPS) is 22.4. The summed E-state index contributed by atoms with van der Waals surface area (Å²) in [4.78, 5) is 35.4. The number of amides is 1. The molecule has 0 fully saturated rings. The molecule has 0 radical (unpaired) electrons. The quantitative estimate of drug-likeness (QED) is 0.387. The lowest BCUT2D eigenvalue weighted by Crippen LogP contribution is -2.56. The van der Waals surface area contributed by atoms with E-state index in [0.29, 0.717) is 19.4 Å². The average molecular weight is 597 g/mol. The molecule has 210 valence electrons. The number of sulfonamides is 1. The molecule has 0 saturated carbocycles. The molecule has 2 aromatic heterocycles. The van der Waals surface area contributed by atoms with Crippen LogP contribution >= 0.6 is 23.4 Å². The molecule has 15 heteroatoms. The predicted molar refractivity (Wildman–Crippen MR) is 146 cm³/mol. The number of aromatic nitrogens is 3. The number of ether oxygens (including phenoxy) is 1. The number of halogens is 1. The molecule has 0 aromatic carbocycles. The lowest BCUT2D eigenvalue weighted by atomic mass is 9.92. The van der Waals surface area contributed by atoms with Gasteiger partial charge in [-0.15, -0.1) is 11.8 Å². The van der Waals surface area contributed by atoms with E-state index in [1.165, 1.54) is 23.9 Å². The van der Waals surface area contributed by atoms with E-state index < -0.39 is 26.9 Å². The largest absolute Gasteiger partial charge is 0.481 e. The maximum atomic E-state index is 13.7. The number of aliphatic carboxylic acids is 1. The summed E-state index contributed by atoms with van der Waals surface area (Å²) >= 11 is 7.58. The highest BCUT2D eigenvalue weighted by molar-refractivity contribution is 8.03. The number of fused-ring (bicyclic) bond motifs is 3. The van der Waals surface area contributed by atoms with Crippen LogP contribution in [-0.2, 0) is 39.0 Å². The van der Waals surface area contributed by atoms with Crippen molar-refractivity contribution in [2.75, 3.05) is 24.1 Å². The molecule has 39 heavy (non-hydrogen) atoms. The Labute approximate surface area is 235 Å². The molecular weight excluding hydrogens is 568 g/mol. The maximum Gasteiger partial charge on any atom is 0.352 e. The van der Waals surface area contributed by atoms with E-state index in [2.05, 4.69) is 19.6 Å². The Morgan fingerprint density at radius 2 is 2.08 bits per heavy atom. The first-order valence-electron chi connectivity index (χ1n) is 12.6. The van der Waals surface area contributed by atoms with Crippen molar-refractivity contribution in [1.82, 2.24) is 24.8 Å². The molecule has 0 bridgehead atoms. The van der Waals surface area contributed by atoms with Gasteiger partial charge in [0.2, 0.25) is 10.0 Å². The fraction of sp³-hybridized carbons (Fsp3) is 0.500. The molecule has 0 aliphatic carbocycles. The second-order valence-electron chi connectivity index (χ2n) is 9.68. The molecular formula is C24H29ClN6O6S2. The molecule has 5 heterocycles. The van der Waals surface area contributed by atoms with E-state index in [0.717, 1.165) is 49.3 Å². The molecule has 5 rings (SSSR count). The number of rotatable bonds is 8. The number of carbonyl (C=O) groups excluding carboxylic acids is 1. The monoisotopic (exact) mass is 596 g/mol. The van der Waals surface area contributed by atoms with Crippen LogP contribution < -0.4 is 14.8 Å². The summed E-state index contributed by atoms with van der Waals surface area (Å²) in [7, 11) is -3.53. The summed E-state index contributed by atoms with van der Waals surface area (Å²) in [5, 5.41) is 14.4. The van der Waals surface area contributed by atoms with E-state index in [1.54, 1.807) is 10.3 Å². The van der Waals surface area contributed by atoms with Gasteiger partial charge in [-0.2, -0.15) is 0 Å². The minimum absolute atomic E-state index is 0.0336. The standard InChI is InChI=1S/C24H29ClN6O6S2/c1-3-24(28-15(13-38-24)23(33)34)21-20-14(26-18-6-4-5-10-30(18)20)9-11-31(21)19(32)12-37-16-7-8-17(27-22(16)25)29-39(2,35)36/h7-8,13,21,28H,3-6,9-12H2,1-2H3,(H,27,29)(H,33,34). The molecule has 2 aromatic rings. The van der Waals surface area contributed by atoms with Crippen molar-refractivity contribution in [1.29, 1.82) is 0 Å². The summed E-state index contributed by atoms with van der Waals surface area (Å²) < 4.78 is 33.1. The predicted octanol–water partition coefficient (Wildman–Crippen LogP) is 2.51. The summed E-state index contributed by atoms with van der Waals surface area (Å²) in [5.74, 6) is -0.186. The van der Waals surface area contributed by atoms with Crippen molar-refractivity contribution in [2.45, 2.75) is 56.5 Å². The third kappa shape index (κ3) is 5.41. The van der Waals surface area contributed by atoms with Gasteiger partial charge in [-0.1, -0.05) is 18.5 Å². The molecule has 2 unspecified atom stereocenters. The van der Waals surface area contributed by atoms with E-state index in [-0.39, 0.29) is 34.9 Å². The highest BCUT2D eigenvalue weighted by Gasteiger charge is 2.51. The Kier molecular flexibility index (Phi) is 7.46. The van der Waals surface area contributed by atoms with E-state index >= 15 is 0 Å². The van der Waals surface area contributed by atoms with Crippen molar-refractivity contribution in [3.05, 3.63) is 45.6 Å². The number of pyridine rings is 1. The third-order valence-electron chi connectivity index (χ3n) is 7.06. The van der Waals surface area contributed by atoms with Crippen LogP contribution in [0.4, 0.5) is 5.82 Å². The van der Waals surface area contributed by atoms with Crippen molar-refractivity contribution >= 4 is 51.1 Å². The zero-order valence-corrected chi connectivity index (χ0v) is 23.8. The SMILES string of the molecule is CCC1(C2c3c(nc4n3CCCC4)CCN2C(=O)COc2ccc(NS(C)(=O)=O)nc2Cl)NC(C(=O)O)=CS1. The number of aryl methyl sites for hydroxylation is 1. The minimum Gasteiger partial charge on any atom is -0.481 e. The topological polar surface area (TPSA) is 156 Å². The number of nitrogens with one attached hydrogen (secondary N) is 2. The van der Waals surface area contributed by atoms with Crippen molar-refractivity contribution in [3.63, 3.8) is 0 Å². The number of carboxylic acid groups (broad SMARTS) is 1. The van der Waals surface area contributed by atoms with Gasteiger partial charge < -0.3 is 24.6 Å². The summed E-state index contributed by atoms with van der Waals surface area (Å²) in [6, 6.07) is 2.35. The van der Waals surface area contributed by atoms with Gasteiger partial charge in [-0.25, -0.2) is 23.2 Å². The molecule has 3 aliphatic rings. The Morgan fingerprint density at radius 1 is 1.28 bits per heavy atom. The zero-order valence-electron chi connectivity index (χ0n) is 21.4. The Morgan fingerprint density at radius 3 is 2.74 bits per heavy atom.